The largest absolute Gasteiger partial charge is 0.506 e. The second-order valence-corrected chi connectivity index (χ2v) is 6.97. The fourth-order valence-electron chi connectivity index (χ4n) is 2.89. The van der Waals surface area contributed by atoms with Gasteiger partial charge in [-0.2, -0.15) is 0 Å². The van der Waals surface area contributed by atoms with E-state index in [9.17, 15) is 29.6 Å². The molecule has 4 rings (SSSR count). The number of carbonyl (C=O) groups is 3. The highest BCUT2D eigenvalue weighted by Crippen LogP contribution is 2.37. The van der Waals surface area contributed by atoms with Crippen LogP contribution in [0.5, 0.6) is 17.2 Å². The van der Waals surface area contributed by atoms with Gasteiger partial charge < -0.3 is 14.6 Å². The first-order valence-corrected chi connectivity index (χ1v) is 9.03. The van der Waals surface area contributed by atoms with Crippen molar-refractivity contribution >= 4 is 51.2 Å². The molecule has 12 heteroatoms. The molecule has 0 atom stereocenters. The number of amides is 4. The summed E-state index contributed by atoms with van der Waals surface area (Å²) in [6.45, 7) is -0.0104. The van der Waals surface area contributed by atoms with Crippen LogP contribution in [0.3, 0.4) is 0 Å². The highest BCUT2D eigenvalue weighted by molar-refractivity contribution is 9.10. The smallest absolute Gasteiger partial charge is 0.335 e. The molecular weight excluding hydrogens is 466 g/mol. The van der Waals surface area contributed by atoms with E-state index in [4.69, 9.17) is 9.47 Å². The van der Waals surface area contributed by atoms with Gasteiger partial charge in [0.25, 0.3) is 17.5 Å². The van der Waals surface area contributed by atoms with Gasteiger partial charge in [-0.25, -0.2) is 9.69 Å². The Bertz CT molecular complexity index is 1180. The lowest BCUT2D eigenvalue weighted by Crippen LogP contribution is -2.54. The van der Waals surface area contributed by atoms with Crippen LogP contribution in [0.4, 0.5) is 16.2 Å². The van der Waals surface area contributed by atoms with Gasteiger partial charge >= 0.3 is 6.03 Å². The summed E-state index contributed by atoms with van der Waals surface area (Å²) in [5, 5.41) is 23.3. The lowest BCUT2D eigenvalue weighted by atomic mass is 10.1. The summed E-state index contributed by atoms with van der Waals surface area (Å²) in [7, 11) is 0. The Balaban J connectivity index is 1.78. The fourth-order valence-corrected chi connectivity index (χ4v) is 3.36. The van der Waals surface area contributed by atoms with E-state index in [1.807, 2.05) is 5.32 Å². The van der Waals surface area contributed by atoms with Crippen LogP contribution >= 0.6 is 15.9 Å². The number of halogens is 1. The molecule has 2 aromatic rings. The Labute approximate surface area is 175 Å². The van der Waals surface area contributed by atoms with E-state index in [1.165, 1.54) is 18.2 Å². The number of nitrogens with zero attached hydrogens (tertiary/aromatic N) is 2. The second-order valence-electron chi connectivity index (χ2n) is 6.12. The summed E-state index contributed by atoms with van der Waals surface area (Å²) < 4.78 is 10.4. The number of hydrogen-bond acceptors (Lipinski definition) is 8. The van der Waals surface area contributed by atoms with E-state index in [0.29, 0.717) is 16.4 Å². The zero-order chi connectivity index (χ0) is 21.6. The number of barbiturate groups is 1. The maximum atomic E-state index is 12.9. The van der Waals surface area contributed by atoms with Gasteiger partial charge in [-0.05, 0) is 34.1 Å². The maximum Gasteiger partial charge on any atom is 0.335 e. The third-order valence-corrected chi connectivity index (χ3v) is 4.91. The first-order chi connectivity index (χ1) is 14.3. The van der Waals surface area contributed by atoms with Crippen LogP contribution in [0.15, 0.2) is 40.4 Å². The van der Waals surface area contributed by atoms with Gasteiger partial charge in [-0.15, -0.1) is 0 Å². The minimum absolute atomic E-state index is 0.00378. The van der Waals surface area contributed by atoms with Crippen molar-refractivity contribution in [1.82, 2.24) is 5.32 Å². The van der Waals surface area contributed by atoms with Gasteiger partial charge in [-0.3, -0.25) is 25.0 Å². The lowest BCUT2D eigenvalue weighted by Gasteiger charge is -2.26. The molecule has 2 heterocycles. The predicted molar refractivity (Wildman–Crippen MR) is 104 cm³/mol. The molecule has 0 radical (unpaired) electrons. The van der Waals surface area contributed by atoms with Gasteiger partial charge in [0.2, 0.25) is 6.79 Å². The van der Waals surface area contributed by atoms with Crippen LogP contribution in [0.25, 0.3) is 6.08 Å². The summed E-state index contributed by atoms with van der Waals surface area (Å²) in [6, 6.07) is 5.42. The van der Waals surface area contributed by atoms with Crippen LogP contribution in [0, 0.1) is 10.1 Å². The number of rotatable bonds is 3. The van der Waals surface area contributed by atoms with E-state index in [-0.39, 0.29) is 28.2 Å². The number of phenolic OH excluding ortho intramolecular Hbond substituents is 1. The molecule has 2 aromatic carbocycles. The Morgan fingerprint density at radius 1 is 1.17 bits per heavy atom. The SMILES string of the molecule is O=C1NC(=O)N(c2ccc3c(c2)OCO3)C(=O)/C1=C/c1cc([N+](=O)[O-])cc(Br)c1O. The van der Waals surface area contributed by atoms with Crippen LogP contribution in [-0.4, -0.2) is 34.7 Å². The quantitative estimate of drug-likeness (QED) is 0.297. The third kappa shape index (κ3) is 3.22. The number of imide groups is 2. The van der Waals surface area contributed by atoms with Gasteiger partial charge in [-0.1, -0.05) is 0 Å². The van der Waals surface area contributed by atoms with E-state index in [1.54, 1.807) is 0 Å². The first kappa shape index (κ1) is 19.4. The number of hydrogen-bond donors (Lipinski definition) is 2. The highest BCUT2D eigenvalue weighted by atomic mass is 79.9. The van der Waals surface area contributed by atoms with Crippen molar-refractivity contribution in [2.24, 2.45) is 0 Å². The van der Waals surface area contributed by atoms with Crippen molar-refractivity contribution in [3.05, 3.63) is 56.1 Å². The summed E-state index contributed by atoms with van der Waals surface area (Å²) in [6.07, 6.45) is 0.969. The number of carbonyl (C=O) groups excluding carboxylic acids is 3. The molecule has 11 nitrogen and oxygen atoms in total. The molecule has 30 heavy (non-hydrogen) atoms. The average Bonchev–Trinajstić information content (AvgIpc) is 3.15. The summed E-state index contributed by atoms with van der Waals surface area (Å²) in [4.78, 5) is 48.6. The molecule has 1 saturated heterocycles. The van der Waals surface area contributed by atoms with Crippen LogP contribution in [0.2, 0.25) is 0 Å². The first-order valence-electron chi connectivity index (χ1n) is 8.24. The zero-order valence-corrected chi connectivity index (χ0v) is 16.3. The fraction of sp³-hybridized carbons (Fsp3) is 0.0556. The van der Waals surface area contributed by atoms with Gasteiger partial charge in [0.15, 0.2) is 11.5 Å². The molecule has 152 valence electrons. The number of fused-ring (bicyclic) bond motifs is 1. The number of urea groups is 1. The monoisotopic (exact) mass is 475 g/mol. The number of ether oxygens (including phenoxy) is 2. The molecule has 2 N–H and O–H groups in total. The highest BCUT2D eigenvalue weighted by Gasteiger charge is 2.37. The minimum atomic E-state index is -1.01. The van der Waals surface area contributed by atoms with E-state index < -0.39 is 34.1 Å². The summed E-state index contributed by atoms with van der Waals surface area (Å²) >= 11 is 2.99. The standard InChI is InChI=1S/C18H10BrN3O8/c19-12-5-10(22(27)28)3-8(15(12)23)4-11-16(24)20-18(26)21(17(11)25)9-1-2-13-14(6-9)30-7-29-13/h1-6,23H,7H2,(H,20,24,26)/b11-4+. The number of anilines is 1. The predicted octanol–water partition coefficient (Wildman–Crippen LogP) is 2.46. The van der Waals surface area contributed by atoms with Crippen LogP contribution in [-0.2, 0) is 9.59 Å². The molecule has 0 aliphatic carbocycles. The van der Waals surface area contributed by atoms with Gasteiger partial charge in [0.05, 0.1) is 15.1 Å². The van der Waals surface area contributed by atoms with Gasteiger partial charge in [0.1, 0.15) is 11.3 Å². The summed E-state index contributed by atoms with van der Waals surface area (Å²) in [5.74, 6) is -1.66. The molecule has 4 amide bonds. The molecule has 0 bridgehead atoms. The van der Waals surface area contributed by atoms with E-state index in [0.717, 1.165) is 18.2 Å². The number of nitro benzene ring substituents is 1. The van der Waals surface area contributed by atoms with Crippen molar-refractivity contribution in [3.63, 3.8) is 0 Å². The molecule has 0 spiro atoms. The Kier molecular flexibility index (Phi) is 4.62. The number of benzene rings is 2. The second kappa shape index (κ2) is 7.15. The van der Waals surface area contributed by atoms with E-state index in [2.05, 4.69) is 15.9 Å². The molecule has 0 aromatic heterocycles. The van der Waals surface area contributed by atoms with Gasteiger partial charge in [0, 0.05) is 23.8 Å². The van der Waals surface area contributed by atoms with E-state index >= 15 is 0 Å². The third-order valence-electron chi connectivity index (χ3n) is 4.30. The molecule has 0 unspecified atom stereocenters. The molecule has 2 aliphatic rings. The Morgan fingerprint density at radius 2 is 1.90 bits per heavy atom. The van der Waals surface area contributed by atoms with Crippen LogP contribution < -0.4 is 19.7 Å². The number of nitro groups is 1. The maximum absolute atomic E-state index is 12.9. The lowest BCUT2D eigenvalue weighted by molar-refractivity contribution is -0.385. The molecular formula is C18H10BrN3O8. The van der Waals surface area contributed by atoms with Crippen molar-refractivity contribution in [1.29, 1.82) is 0 Å². The van der Waals surface area contributed by atoms with Crippen molar-refractivity contribution in [3.8, 4) is 17.2 Å². The summed E-state index contributed by atoms with van der Waals surface area (Å²) in [5.41, 5.74) is -0.923. The number of phenols is 1. The minimum Gasteiger partial charge on any atom is -0.506 e. The average molecular weight is 476 g/mol. The van der Waals surface area contributed by atoms with Crippen molar-refractivity contribution < 1.29 is 33.9 Å². The molecule has 2 aliphatic heterocycles. The number of aromatic hydroxyl groups is 1. The number of non-ortho nitro benzene ring substituents is 1. The molecule has 1 fully saturated rings. The Morgan fingerprint density at radius 3 is 2.63 bits per heavy atom. The van der Waals surface area contributed by atoms with Crippen molar-refractivity contribution in [2.75, 3.05) is 11.7 Å². The van der Waals surface area contributed by atoms with Crippen LogP contribution in [0.1, 0.15) is 5.56 Å². The van der Waals surface area contributed by atoms with Crippen molar-refractivity contribution in [2.45, 2.75) is 0 Å². The topological polar surface area (TPSA) is 148 Å². The molecule has 0 saturated carbocycles. The Hall–Kier alpha value is -3.93. The number of nitrogens with one attached hydrogen (secondary N) is 1. The normalized spacial score (nSPS) is 16.8. The zero-order valence-electron chi connectivity index (χ0n) is 14.7.